The molecule has 1 heterocycles. The maximum atomic E-state index is 12.8. The minimum absolute atomic E-state index is 0.0385. The highest BCUT2D eigenvalue weighted by molar-refractivity contribution is 5.97. The second kappa shape index (κ2) is 6.57. The van der Waals surface area contributed by atoms with E-state index in [0.717, 1.165) is 22.3 Å². The van der Waals surface area contributed by atoms with E-state index in [2.05, 4.69) is 5.32 Å². The molecule has 0 aliphatic carbocycles. The van der Waals surface area contributed by atoms with Crippen molar-refractivity contribution in [3.05, 3.63) is 56.6 Å². The van der Waals surface area contributed by atoms with Gasteiger partial charge in [0.2, 0.25) is 0 Å². The van der Waals surface area contributed by atoms with Gasteiger partial charge in [0, 0.05) is 29.8 Å². The van der Waals surface area contributed by atoms with Crippen LogP contribution in [0.2, 0.25) is 0 Å². The Hall–Kier alpha value is -3.09. The van der Waals surface area contributed by atoms with E-state index in [9.17, 15) is 20.0 Å². The number of nitrogens with zero attached hydrogens (tertiary/aromatic N) is 1. The minimum Gasteiger partial charge on any atom is -0.507 e. The summed E-state index contributed by atoms with van der Waals surface area (Å²) in [7, 11) is 0. The number of carbonyl (C=O) groups is 1. The number of rotatable bonds is 3. The number of benzene rings is 2. The lowest BCUT2D eigenvalue weighted by Crippen LogP contribution is -2.48. The van der Waals surface area contributed by atoms with Crippen LogP contribution >= 0.6 is 0 Å². The second-order valence-corrected chi connectivity index (χ2v) is 7.12. The average Bonchev–Trinajstić information content (AvgIpc) is 2.65. The van der Waals surface area contributed by atoms with Crippen LogP contribution in [0.3, 0.4) is 0 Å². The number of non-ortho nitro benzene ring substituents is 1. The molecule has 27 heavy (non-hydrogen) atoms. The summed E-state index contributed by atoms with van der Waals surface area (Å²) in [4.78, 5) is 23.1. The van der Waals surface area contributed by atoms with Gasteiger partial charge in [-0.25, -0.2) is 0 Å². The third-order valence-electron chi connectivity index (χ3n) is 5.34. The molecule has 2 aromatic rings. The molecule has 1 aliphatic rings. The van der Waals surface area contributed by atoms with E-state index >= 15 is 0 Å². The van der Waals surface area contributed by atoms with Gasteiger partial charge in [-0.3, -0.25) is 14.9 Å². The van der Waals surface area contributed by atoms with Crippen LogP contribution in [0.1, 0.15) is 35.6 Å². The van der Waals surface area contributed by atoms with Gasteiger partial charge < -0.3 is 15.2 Å². The zero-order chi connectivity index (χ0) is 19.9. The molecule has 3 rings (SSSR count). The van der Waals surface area contributed by atoms with Crippen molar-refractivity contribution in [3.63, 3.8) is 0 Å². The first kappa shape index (κ1) is 18.7. The predicted molar refractivity (Wildman–Crippen MR) is 101 cm³/mol. The highest BCUT2D eigenvalue weighted by Gasteiger charge is 2.40. The van der Waals surface area contributed by atoms with Gasteiger partial charge in [-0.2, -0.15) is 0 Å². The number of nitro groups is 1. The lowest BCUT2D eigenvalue weighted by molar-refractivity contribution is -0.384. The highest BCUT2D eigenvalue weighted by atomic mass is 16.6. The molecule has 7 nitrogen and oxygen atoms in total. The van der Waals surface area contributed by atoms with Gasteiger partial charge in [0.1, 0.15) is 11.5 Å². The molecule has 1 aliphatic heterocycles. The molecule has 1 atom stereocenters. The van der Waals surface area contributed by atoms with E-state index in [0.29, 0.717) is 24.3 Å². The van der Waals surface area contributed by atoms with Crippen LogP contribution in [0.25, 0.3) is 0 Å². The molecule has 7 heteroatoms. The molecule has 2 N–H and O–H groups in total. The number of phenols is 1. The number of phenolic OH excluding ortho intramolecular Hbond substituents is 1. The number of anilines is 1. The molecule has 1 unspecified atom stereocenters. The smallest absolute Gasteiger partial charge is 0.269 e. The number of ether oxygens (including phenoxy) is 1. The van der Waals surface area contributed by atoms with Crippen molar-refractivity contribution in [2.24, 2.45) is 0 Å². The number of amides is 1. The standard InChI is InChI=1S/C20H22N2O5/c1-11-12(2)18-16(13(3)17(11)23)9-10-20(4,27-18)19(24)21-14-5-7-15(8-6-14)22(25)26/h5-8,23H,9-10H2,1-4H3,(H,21,24). The zero-order valence-electron chi connectivity index (χ0n) is 15.8. The molecule has 0 spiro atoms. The molecule has 142 valence electrons. The molecule has 0 saturated heterocycles. The monoisotopic (exact) mass is 370 g/mol. The van der Waals surface area contributed by atoms with Crippen molar-refractivity contribution in [1.82, 2.24) is 0 Å². The first-order valence-electron chi connectivity index (χ1n) is 8.70. The third kappa shape index (κ3) is 3.20. The van der Waals surface area contributed by atoms with Crippen molar-refractivity contribution in [2.45, 2.75) is 46.1 Å². The van der Waals surface area contributed by atoms with E-state index in [4.69, 9.17) is 4.74 Å². The molecule has 1 amide bonds. The Morgan fingerprint density at radius 2 is 1.81 bits per heavy atom. The Bertz CT molecular complexity index is 937. The molecule has 0 radical (unpaired) electrons. The van der Waals surface area contributed by atoms with Crippen LogP contribution in [-0.4, -0.2) is 21.5 Å². The summed E-state index contributed by atoms with van der Waals surface area (Å²) in [6.07, 6.45) is 1.07. The topological polar surface area (TPSA) is 102 Å². The fourth-order valence-electron chi connectivity index (χ4n) is 3.34. The average molecular weight is 370 g/mol. The molecule has 0 bridgehead atoms. The maximum Gasteiger partial charge on any atom is 0.269 e. The van der Waals surface area contributed by atoms with Crippen molar-refractivity contribution >= 4 is 17.3 Å². The van der Waals surface area contributed by atoms with Crippen molar-refractivity contribution < 1.29 is 19.6 Å². The van der Waals surface area contributed by atoms with Crippen LogP contribution in [-0.2, 0) is 11.2 Å². The Kier molecular flexibility index (Phi) is 4.55. The Morgan fingerprint density at radius 1 is 1.19 bits per heavy atom. The number of aromatic hydroxyl groups is 1. The largest absolute Gasteiger partial charge is 0.507 e. The summed E-state index contributed by atoms with van der Waals surface area (Å²) in [6, 6.07) is 5.67. The van der Waals surface area contributed by atoms with Crippen molar-refractivity contribution in [2.75, 3.05) is 5.32 Å². The summed E-state index contributed by atoms with van der Waals surface area (Å²) < 4.78 is 6.13. The summed E-state index contributed by atoms with van der Waals surface area (Å²) in [5, 5.41) is 23.8. The number of fused-ring (bicyclic) bond motifs is 1. The molecule has 0 saturated carbocycles. The van der Waals surface area contributed by atoms with E-state index < -0.39 is 10.5 Å². The highest BCUT2D eigenvalue weighted by Crippen LogP contribution is 2.43. The zero-order valence-corrected chi connectivity index (χ0v) is 15.8. The molecular formula is C20H22N2O5. The summed E-state index contributed by atoms with van der Waals surface area (Å²) in [5.74, 6) is 0.606. The van der Waals surface area contributed by atoms with Crippen molar-refractivity contribution in [3.8, 4) is 11.5 Å². The fraction of sp³-hybridized carbons (Fsp3) is 0.350. The summed E-state index contributed by atoms with van der Waals surface area (Å²) in [5.41, 5.74) is 2.63. The molecule has 0 aromatic heterocycles. The van der Waals surface area contributed by atoms with E-state index in [1.807, 2.05) is 20.8 Å². The van der Waals surface area contributed by atoms with Gasteiger partial charge in [-0.1, -0.05) is 0 Å². The van der Waals surface area contributed by atoms with Crippen LogP contribution in [0.4, 0.5) is 11.4 Å². The Labute approximate surface area is 157 Å². The number of hydrogen-bond acceptors (Lipinski definition) is 5. The minimum atomic E-state index is -1.07. The lowest BCUT2D eigenvalue weighted by Gasteiger charge is -2.36. The number of nitrogens with one attached hydrogen (secondary N) is 1. The summed E-state index contributed by atoms with van der Waals surface area (Å²) in [6.45, 7) is 7.27. The van der Waals surface area contributed by atoms with Crippen LogP contribution in [0, 0.1) is 30.9 Å². The van der Waals surface area contributed by atoms with Gasteiger partial charge in [-0.15, -0.1) is 0 Å². The predicted octanol–water partition coefficient (Wildman–Crippen LogP) is 3.95. The van der Waals surface area contributed by atoms with E-state index in [1.54, 1.807) is 6.92 Å². The maximum absolute atomic E-state index is 12.8. The van der Waals surface area contributed by atoms with Gasteiger partial charge in [0.25, 0.3) is 11.6 Å². The summed E-state index contributed by atoms with van der Waals surface area (Å²) >= 11 is 0. The van der Waals surface area contributed by atoms with Gasteiger partial charge in [-0.05, 0) is 62.9 Å². The van der Waals surface area contributed by atoms with Gasteiger partial charge in [0.15, 0.2) is 5.60 Å². The lowest BCUT2D eigenvalue weighted by atomic mass is 9.86. The number of nitro benzene ring substituents is 1. The SMILES string of the molecule is Cc1c(C)c2c(c(C)c1O)CCC(C)(C(=O)Nc1ccc([N+](=O)[O-])cc1)O2. The Balaban J connectivity index is 1.86. The first-order chi connectivity index (χ1) is 12.6. The quantitative estimate of drug-likeness (QED) is 0.629. The third-order valence-corrected chi connectivity index (χ3v) is 5.34. The number of hydrogen-bond donors (Lipinski definition) is 2. The van der Waals surface area contributed by atoms with E-state index in [1.165, 1.54) is 24.3 Å². The van der Waals surface area contributed by atoms with Crippen LogP contribution < -0.4 is 10.1 Å². The van der Waals surface area contributed by atoms with Gasteiger partial charge in [0.05, 0.1) is 4.92 Å². The van der Waals surface area contributed by atoms with E-state index in [-0.39, 0.29) is 17.3 Å². The first-order valence-corrected chi connectivity index (χ1v) is 8.70. The van der Waals surface area contributed by atoms with Gasteiger partial charge >= 0.3 is 0 Å². The normalized spacial score (nSPS) is 18.4. The number of carbonyl (C=O) groups excluding carboxylic acids is 1. The molecule has 2 aromatic carbocycles. The van der Waals surface area contributed by atoms with Crippen molar-refractivity contribution in [1.29, 1.82) is 0 Å². The molecular weight excluding hydrogens is 348 g/mol. The van der Waals surface area contributed by atoms with Crippen LogP contribution in [0.5, 0.6) is 11.5 Å². The van der Waals surface area contributed by atoms with Crippen LogP contribution in [0.15, 0.2) is 24.3 Å². The molecule has 0 fully saturated rings. The Morgan fingerprint density at radius 3 is 2.41 bits per heavy atom. The fourth-order valence-corrected chi connectivity index (χ4v) is 3.34. The second-order valence-electron chi connectivity index (χ2n) is 7.12.